The standard InChI is InChI=1S/C16H36P.CH4O3S.BrH/c1-5-9-13-17(14-10-6-2,15-11-7-3)16-12-8-4;1-5(2,3)4;/h5-16H2,1-4H3;1H3,(H,2,3,4);1H/q+1;;. The van der Waals surface area contributed by atoms with Gasteiger partial charge in [-0.15, -0.1) is 17.0 Å². The summed E-state index contributed by atoms with van der Waals surface area (Å²) in [6.45, 7) is 9.42. The van der Waals surface area contributed by atoms with Crippen LogP contribution in [0, 0.1) is 0 Å². The Morgan fingerprint density at radius 1 is 0.696 bits per heavy atom. The maximum atomic E-state index is 9.19. The van der Waals surface area contributed by atoms with Crippen molar-refractivity contribution in [2.45, 2.75) is 79.1 Å². The molecule has 0 aromatic heterocycles. The Labute approximate surface area is 157 Å². The largest absolute Gasteiger partial charge is 0.286 e. The van der Waals surface area contributed by atoms with Gasteiger partial charge in [-0.2, -0.15) is 8.42 Å². The monoisotopic (exact) mass is 435 g/mol. The summed E-state index contributed by atoms with van der Waals surface area (Å²) in [7, 11) is -4.23. The van der Waals surface area contributed by atoms with Crippen LogP contribution in [0.4, 0.5) is 0 Å². The Morgan fingerprint density at radius 2 is 0.870 bits per heavy atom. The molecular weight excluding hydrogens is 395 g/mol. The molecule has 0 spiro atoms. The molecule has 0 aromatic carbocycles. The van der Waals surface area contributed by atoms with Crippen molar-refractivity contribution in [3.63, 3.8) is 0 Å². The van der Waals surface area contributed by atoms with Crippen LogP contribution in [0.5, 0.6) is 0 Å². The smallest absolute Gasteiger partial charge is 0.261 e. The van der Waals surface area contributed by atoms with Crippen LogP contribution >= 0.6 is 24.2 Å². The predicted octanol–water partition coefficient (Wildman–Crippen LogP) is 6.29. The summed E-state index contributed by atoms with van der Waals surface area (Å²) in [6, 6.07) is 0. The van der Waals surface area contributed by atoms with E-state index in [0.717, 1.165) is 0 Å². The molecule has 23 heavy (non-hydrogen) atoms. The summed E-state index contributed by atoms with van der Waals surface area (Å²) in [6.07, 6.45) is 18.7. The van der Waals surface area contributed by atoms with Crippen molar-refractivity contribution in [2.75, 3.05) is 30.9 Å². The van der Waals surface area contributed by atoms with Crippen molar-refractivity contribution < 1.29 is 13.0 Å². The summed E-state index contributed by atoms with van der Waals surface area (Å²) < 4.78 is 25.9. The van der Waals surface area contributed by atoms with E-state index in [4.69, 9.17) is 4.55 Å². The molecule has 0 aliphatic rings. The minimum atomic E-state index is -3.67. The van der Waals surface area contributed by atoms with E-state index in [1.807, 2.05) is 0 Å². The summed E-state index contributed by atoms with van der Waals surface area (Å²) in [4.78, 5) is 0. The second-order valence-electron chi connectivity index (χ2n) is 6.38. The maximum Gasteiger partial charge on any atom is 0.261 e. The molecule has 0 bridgehead atoms. The van der Waals surface area contributed by atoms with Crippen LogP contribution in [0.2, 0.25) is 0 Å². The normalized spacial score (nSPS) is 11.4. The van der Waals surface area contributed by atoms with Gasteiger partial charge < -0.3 is 0 Å². The molecule has 144 valence electrons. The van der Waals surface area contributed by atoms with Crippen molar-refractivity contribution in [2.24, 2.45) is 0 Å². The molecule has 0 rings (SSSR count). The summed E-state index contributed by atoms with van der Waals surface area (Å²) in [5.41, 5.74) is 0. The van der Waals surface area contributed by atoms with Crippen LogP contribution in [-0.2, 0) is 10.1 Å². The first-order valence-electron chi connectivity index (χ1n) is 9.02. The topological polar surface area (TPSA) is 54.4 Å². The van der Waals surface area contributed by atoms with Crippen molar-refractivity contribution in [1.29, 1.82) is 0 Å². The average molecular weight is 436 g/mol. The average Bonchev–Trinajstić information content (AvgIpc) is 2.44. The Balaban J connectivity index is -0.000000578. The molecule has 0 aliphatic carbocycles. The van der Waals surface area contributed by atoms with Gasteiger partial charge in [0.25, 0.3) is 10.1 Å². The zero-order chi connectivity index (χ0) is 17.5. The first-order valence-corrected chi connectivity index (χ1v) is 13.4. The van der Waals surface area contributed by atoms with Crippen molar-refractivity contribution in [1.82, 2.24) is 0 Å². The van der Waals surface area contributed by atoms with Crippen LogP contribution in [-0.4, -0.2) is 43.9 Å². The van der Waals surface area contributed by atoms with E-state index >= 15 is 0 Å². The van der Waals surface area contributed by atoms with Crippen LogP contribution in [0.3, 0.4) is 0 Å². The molecule has 0 aromatic rings. The fraction of sp³-hybridized carbons (Fsp3) is 1.00. The molecule has 3 nitrogen and oxygen atoms in total. The summed E-state index contributed by atoms with van der Waals surface area (Å²) in [5, 5.41) is 0. The minimum absolute atomic E-state index is 0. The van der Waals surface area contributed by atoms with E-state index in [2.05, 4.69) is 27.7 Å². The molecule has 6 heteroatoms. The maximum absolute atomic E-state index is 9.19. The Morgan fingerprint density at radius 3 is 1.00 bits per heavy atom. The lowest BCUT2D eigenvalue weighted by atomic mass is 10.4. The number of hydrogen-bond acceptors (Lipinski definition) is 2. The van der Waals surface area contributed by atoms with Crippen molar-refractivity contribution in [3.05, 3.63) is 0 Å². The first-order chi connectivity index (χ1) is 10.2. The second-order valence-corrected chi connectivity index (χ2v) is 12.3. The molecule has 0 saturated heterocycles. The lowest BCUT2D eigenvalue weighted by Gasteiger charge is -2.28. The highest BCUT2D eigenvalue weighted by molar-refractivity contribution is 8.93. The zero-order valence-electron chi connectivity index (χ0n) is 16.0. The van der Waals surface area contributed by atoms with Gasteiger partial charge in [0.2, 0.25) is 0 Å². The molecule has 0 radical (unpaired) electrons. The van der Waals surface area contributed by atoms with E-state index in [9.17, 15) is 8.42 Å². The van der Waals surface area contributed by atoms with Gasteiger partial charge in [0, 0.05) is 7.26 Å². The number of hydrogen-bond donors (Lipinski definition) is 1. The van der Waals surface area contributed by atoms with Gasteiger partial charge in [-0.3, -0.25) is 4.55 Å². The predicted molar refractivity (Wildman–Crippen MR) is 114 cm³/mol. The molecule has 0 amide bonds. The first kappa shape index (κ1) is 28.6. The molecule has 0 unspecified atom stereocenters. The van der Waals surface area contributed by atoms with Gasteiger partial charge in [0.1, 0.15) is 0 Å². The van der Waals surface area contributed by atoms with Crippen molar-refractivity contribution >= 4 is 34.4 Å². The van der Waals surface area contributed by atoms with E-state index < -0.39 is 17.4 Å². The molecule has 0 atom stereocenters. The Kier molecular flexibility index (Phi) is 21.9. The van der Waals surface area contributed by atoms with Gasteiger partial charge in [-0.1, -0.05) is 53.4 Å². The Hall–Kier alpha value is 0.820. The third kappa shape index (κ3) is 22.8. The third-order valence-electron chi connectivity index (χ3n) is 3.94. The molecule has 0 saturated carbocycles. The van der Waals surface area contributed by atoms with Gasteiger partial charge >= 0.3 is 0 Å². The SMILES string of the molecule is Br.CCCC[P+](CCCC)(CCCC)CCCC.CS(=O)(=O)O. The molecule has 0 aliphatic heterocycles. The van der Waals surface area contributed by atoms with Crippen LogP contribution in [0.25, 0.3) is 0 Å². The highest BCUT2D eigenvalue weighted by Gasteiger charge is 2.34. The molecule has 0 fully saturated rings. The van der Waals surface area contributed by atoms with E-state index in [0.29, 0.717) is 6.26 Å². The van der Waals surface area contributed by atoms with Gasteiger partial charge in [0.15, 0.2) is 0 Å². The number of unbranched alkanes of at least 4 members (excludes halogenated alkanes) is 4. The van der Waals surface area contributed by atoms with E-state index in [-0.39, 0.29) is 17.0 Å². The molecule has 1 N–H and O–H groups in total. The summed E-state index contributed by atoms with van der Waals surface area (Å²) in [5.74, 6) is 0. The Bertz CT molecular complexity index is 289. The number of rotatable bonds is 12. The fourth-order valence-corrected chi connectivity index (χ4v) is 7.93. The van der Waals surface area contributed by atoms with Gasteiger partial charge in [-0.25, -0.2) is 0 Å². The lowest BCUT2D eigenvalue weighted by Crippen LogP contribution is -2.12. The number of halogens is 1. The lowest BCUT2D eigenvalue weighted by molar-refractivity contribution is 0.490. The van der Waals surface area contributed by atoms with Crippen LogP contribution in [0.1, 0.15) is 79.1 Å². The van der Waals surface area contributed by atoms with Gasteiger partial charge in [0.05, 0.1) is 30.9 Å². The van der Waals surface area contributed by atoms with Gasteiger partial charge in [-0.05, 0) is 25.7 Å². The fourth-order valence-electron chi connectivity index (χ4n) is 2.64. The van der Waals surface area contributed by atoms with Crippen LogP contribution < -0.4 is 0 Å². The second kappa shape index (κ2) is 17.6. The highest BCUT2D eigenvalue weighted by atomic mass is 79.9. The van der Waals surface area contributed by atoms with Crippen LogP contribution in [0.15, 0.2) is 0 Å². The molecule has 0 heterocycles. The van der Waals surface area contributed by atoms with E-state index in [1.165, 1.54) is 51.4 Å². The van der Waals surface area contributed by atoms with Crippen molar-refractivity contribution in [3.8, 4) is 0 Å². The quantitative estimate of drug-likeness (QED) is 0.289. The third-order valence-corrected chi connectivity index (χ3v) is 9.00. The minimum Gasteiger partial charge on any atom is -0.286 e. The van der Waals surface area contributed by atoms with E-state index in [1.54, 1.807) is 24.6 Å². The zero-order valence-corrected chi connectivity index (χ0v) is 19.4. The summed E-state index contributed by atoms with van der Waals surface area (Å²) >= 11 is 0. The highest BCUT2D eigenvalue weighted by Crippen LogP contribution is 2.61. The molecular formula is C17H41BrO3PS+.